The predicted octanol–water partition coefficient (Wildman–Crippen LogP) is 3.22. The topological polar surface area (TPSA) is 53.4 Å². The fourth-order valence-electron chi connectivity index (χ4n) is 1.95. The number of hydrogen-bond acceptors (Lipinski definition) is 3. The Hall–Kier alpha value is -0.731. The first kappa shape index (κ1) is 16.3. The van der Waals surface area contributed by atoms with Gasteiger partial charge in [0.2, 0.25) is 0 Å². The van der Waals surface area contributed by atoms with Crippen molar-refractivity contribution in [2.75, 3.05) is 0 Å². The summed E-state index contributed by atoms with van der Waals surface area (Å²) in [6.45, 7) is 5.75. The summed E-state index contributed by atoms with van der Waals surface area (Å²) in [5.41, 5.74) is 1.18. The van der Waals surface area contributed by atoms with Gasteiger partial charge in [0.15, 0.2) is 0 Å². The maximum atomic E-state index is 9.97. The van der Waals surface area contributed by atoms with Crippen LogP contribution < -0.4 is 4.59 Å². The van der Waals surface area contributed by atoms with Crippen molar-refractivity contribution in [1.82, 2.24) is 4.98 Å². The van der Waals surface area contributed by atoms with Gasteiger partial charge >= 0.3 is 122 Å². The molecule has 1 aromatic heterocycles. The van der Waals surface area contributed by atoms with Crippen LogP contribution in [0.1, 0.15) is 56.7 Å². The molecule has 0 amide bonds. The number of rotatable bonds is 8. The Balaban J connectivity index is 2.38. The van der Waals surface area contributed by atoms with Gasteiger partial charge in [0.1, 0.15) is 0 Å². The molecule has 0 bridgehead atoms. The van der Waals surface area contributed by atoms with E-state index in [9.17, 15) is 10.2 Å². The molecule has 19 heavy (non-hydrogen) atoms. The van der Waals surface area contributed by atoms with E-state index in [0.717, 1.165) is 9.91 Å². The average molecular weight is 330 g/mol. The molecule has 0 aliphatic rings. The molecule has 1 aromatic rings. The Bertz CT molecular complexity index is 408. The van der Waals surface area contributed by atoms with Gasteiger partial charge in [0, 0.05) is 0 Å². The molecule has 0 aromatic carbocycles. The van der Waals surface area contributed by atoms with E-state index in [-0.39, 0.29) is 26.5 Å². The number of pyridine rings is 1. The Kier molecular flexibility index (Phi) is 7.25. The molecule has 0 atom stereocenters. The number of nitrogens with zero attached hydrogens (tertiary/aromatic N) is 1. The van der Waals surface area contributed by atoms with Crippen molar-refractivity contribution < 1.29 is 10.2 Å². The molecule has 0 aliphatic carbocycles. The first-order valence-electron chi connectivity index (χ1n) is 7.09. The van der Waals surface area contributed by atoms with Crippen LogP contribution in [0.5, 0.6) is 11.5 Å². The Labute approximate surface area is 122 Å². The summed E-state index contributed by atoms with van der Waals surface area (Å²) in [5, 5.41) is 20.8. The van der Waals surface area contributed by atoms with Crippen LogP contribution in [-0.2, 0) is 0 Å². The van der Waals surface area contributed by atoms with Gasteiger partial charge in [-0.15, -0.1) is 0 Å². The van der Waals surface area contributed by atoms with Gasteiger partial charge in [-0.25, -0.2) is 0 Å². The molecule has 0 fully saturated rings. The van der Waals surface area contributed by atoms with Gasteiger partial charge in [-0.05, 0) is 0 Å². The Morgan fingerprint density at radius 2 is 1.58 bits per heavy atom. The Morgan fingerprint density at radius 3 is 2.26 bits per heavy atom. The molecular weight excluding hydrogens is 305 g/mol. The van der Waals surface area contributed by atoms with E-state index < -0.39 is 0 Å². The minimum atomic E-state index is 0.122. The average Bonchev–Trinajstić information content (AvgIpc) is 2.41. The summed E-state index contributed by atoms with van der Waals surface area (Å²) in [6, 6.07) is 0. The summed E-state index contributed by atoms with van der Waals surface area (Å²) >= 11 is 0.206. The second-order valence-corrected chi connectivity index (χ2v) is 7.21. The standard InChI is InChI=1S/C15H25NO2Se/c1-4-5-6-7-8-9-10-19-15-14(18)11(2)13(17)12(3)16-15/h17-18H,4-10H2,1-3H3. The van der Waals surface area contributed by atoms with Crippen molar-refractivity contribution in [2.24, 2.45) is 0 Å². The molecule has 1 rings (SSSR count). The van der Waals surface area contributed by atoms with Gasteiger partial charge in [0.25, 0.3) is 0 Å². The summed E-state index contributed by atoms with van der Waals surface area (Å²) in [7, 11) is 0. The van der Waals surface area contributed by atoms with Crippen LogP contribution in [-0.4, -0.2) is 30.2 Å². The quantitative estimate of drug-likeness (QED) is 0.568. The number of hydrogen-bond donors (Lipinski definition) is 2. The van der Waals surface area contributed by atoms with Crippen LogP contribution in [0.4, 0.5) is 0 Å². The molecule has 4 heteroatoms. The molecule has 0 radical (unpaired) electrons. The van der Waals surface area contributed by atoms with Crippen LogP contribution in [0.3, 0.4) is 0 Å². The predicted molar refractivity (Wildman–Crippen MR) is 80.6 cm³/mol. The van der Waals surface area contributed by atoms with Crippen LogP contribution >= 0.6 is 0 Å². The number of aromatic nitrogens is 1. The van der Waals surface area contributed by atoms with E-state index in [0.29, 0.717) is 11.3 Å². The first-order chi connectivity index (χ1) is 9.07. The van der Waals surface area contributed by atoms with Gasteiger partial charge < -0.3 is 0 Å². The van der Waals surface area contributed by atoms with Crippen LogP contribution in [0.25, 0.3) is 0 Å². The van der Waals surface area contributed by atoms with E-state index in [1.807, 2.05) is 0 Å². The summed E-state index contributed by atoms with van der Waals surface area (Å²) in [4.78, 5) is 4.31. The monoisotopic (exact) mass is 331 g/mol. The van der Waals surface area contributed by atoms with E-state index in [1.165, 1.54) is 38.5 Å². The van der Waals surface area contributed by atoms with Gasteiger partial charge in [0.05, 0.1) is 0 Å². The maximum absolute atomic E-state index is 9.97. The first-order valence-corrected chi connectivity index (χ1v) is 9.16. The van der Waals surface area contributed by atoms with Crippen molar-refractivity contribution in [3.8, 4) is 11.5 Å². The van der Waals surface area contributed by atoms with Gasteiger partial charge in [-0.1, -0.05) is 0 Å². The van der Waals surface area contributed by atoms with E-state index in [2.05, 4.69) is 11.9 Å². The van der Waals surface area contributed by atoms with Gasteiger partial charge in [-0.2, -0.15) is 0 Å². The molecule has 1 heterocycles. The molecule has 2 N–H and O–H groups in total. The van der Waals surface area contributed by atoms with E-state index in [1.54, 1.807) is 13.8 Å². The molecular formula is C15H25NO2Se. The van der Waals surface area contributed by atoms with Gasteiger partial charge in [-0.3, -0.25) is 0 Å². The van der Waals surface area contributed by atoms with Crippen LogP contribution in [0.15, 0.2) is 0 Å². The summed E-state index contributed by atoms with van der Waals surface area (Å²) in [6.07, 6.45) is 7.77. The zero-order valence-electron chi connectivity index (χ0n) is 12.2. The molecule has 0 aliphatic heterocycles. The zero-order chi connectivity index (χ0) is 14.3. The van der Waals surface area contributed by atoms with E-state index in [4.69, 9.17) is 0 Å². The summed E-state index contributed by atoms with van der Waals surface area (Å²) in [5.74, 6) is 0.311. The Morgan fingerprint density at radius 1 is 0.947 bits per heavy atom. The number of aromatic hydroxyl groups is 2. The van der Waals surface area contributed by atoms with Crippen molar-refractivity contribution in [1.29, 1.82) is 0 Å². The normalized spacial score (nSPS) is 10.9. The van der Waals surface area contributed by atoms with Crippen molar-refractivity contribution in [2.45, 2.75) is 64.6 Å². The summed E-state index contributed by atoms with van der Waals surface area (Å²) < 4.78 is 0.786. The molecule has 3 nitrogen and oxygen atoms in total. The molecule has 108 valence electrons. The van der Waals surface area contributed by atoms with Crippen LogP contribution in [0.2, 0.25) is 5.32 Å². The second kappa shape index (κ2) is 8.44. The third kappa shape index (κ3) is 5.04. The fourth-order valence-corrected chi connectivity index (χ4v) is 4.12. The third-order valence-electron chi connectivity index (χ3n) is 3.26. The fraction of sp³-hybridized carbons (Fsp3) is 0.667. The SMILES string of the molecule is CCCCCCCC[Se]c1nc(C)c(O)c(C)c1O. The second-order valence-electron chi connectivity index (χ2n) is 4.94. The zero-order valence-corrected chi connectivity index (χ0v) is 13.9. The third-order valence-corrected chi connectivity index (χ3v) is 5.47. The molecule has 0 unspecified atom stereocenters. The molecule has 0 saturated heterocycles. The van der Waals surface area contributed by atoms with E-state index >= 15 is 0 Å². The van der Waals surface area contributed by atoms with Crippen molar-refractivity contribution >= 4 is 19.5 Å². The van der Waals surface area contributed by atoms with Crippen LogP contribution in [0, 0.1) is 13.8 Å². The minimum absolute atomic E-state index is 0.122. The number of aryl methyl sites for hydroxylation is 1. The molecule has 0 saturated carbocycles. The molecule has 0 spiro atoms. The number of unbranched alkanes of at least 4 members (excludes halogenated alkanes) is 5. The van der Waals surface area contributed by atoms with Crippen molar-refractivity contribution in [3.05, 3.63) is 11.3 Å². The van der Waals surface area contributed by atoms with Crippen molar-refractivity contribution in [3.63, 3.8) is 0 Å².